The van der Waals surface area contributed by atoms with E-state index in [-0.39, 0.29) is 0 Å². The lowest BCUT2D eigenvalue weighted by atomic mass is 10.2. The average molecular weight is 280 g/mol. The second-order valence-electron chi connectivity index (χ2n) is 5.92. The zero-order chi connectivity index (χ0) is 14.5. The molecule has 0 spiro atoms. The third-order valence-electron chi connectivity index (χ3n) is 3.69. The predicted molar refractivity (Wildman–Crippen MR) is 80.7 cm³/mol. The Morgan fingerprint density at radius 2 is 2.00 bits per heavy atom. The highest BCUT2D eigenvalue weighted by Crippen LogP contribution is 2.19. The van der Waals surface area contributed by atoms with Gasteiger partial charge in [0.25, 0.3) is 0 Å². The van der Waals surface area contributed by atoms with Crippen LogP contribution in [0.5, 0.6) is 0 Å². The van der Waals surface area contributed by atoms with Crippen molar-refractivity contribution in [2.75, 3.05) is 19.6 Å². The summed E-state index contributed by atoms with van der Waals surface area (Å²) < 4.78 is 11.7. The summed E-state index contributed by atoms with van der Waals surface area (Å²) in [6, 6.07) is 2.20. The van der Waals surface area contributed by atoms with Gasteiger partial charge in [-0.1, -0.05) is 6.92 Å². The van der Waals surface area contributed by atoms with E-state index in [1.54, 1.807) is 0 Å². The van der Waals surface area contributed by atoms with Crippen molar-refractivity contribution in [2.45, 2.75) is 59.4 Å². The molecule has 1 aliphatic heterocycles. The fourth-order valence-electron chi connectivity index (χ4n) is 2.87. The van der Waals surface area contributed by atoms with Crippen molar-refractivity contribution in [3.63, 3.8) is 0 Å². The molecule has 1 aliphatic rings. The van der Waals surface area contributed by atoms with Gasteiger partial charge in [-0.25, -0.2) is 0 Å². The molecule has 114 valence electrons. The molecule has 0 bridgehead atoms. The van der Waals surface area contributed by atoms with Crippen molar-refractivity contribution in [1.29, 1.82) is 0 Å². The molecule has 1 fully saturated rings. The molecule has 2 heterocycles. The van der Waals surface area contributed by atoms with Crippen molar-refractivity contribution in [3.05, 3.63) is 23.2 Å². The molecular weight excluding hydrogens is 252 g/mol. The molecule has 0 aromatic carbocycles. The maximum atomic E-state index is 5.90. The van der Waals surface area contributed by atoms with Crippen molar-refractivity contribution < 1.29 is 9.15 Å². The summed E-state index contributed by atoms with van der Waals surface area (Å²) in [7, 11) is 0. The number of nitrogens with zero attached hydrogens (tertiary/aromatic N) is 1. The number of aryl methyl sites for hydroxylation is 1. The lowest BCUT2D eigenvalue weighted by Crippen LogP contribution is -2.44. The number of rotatable bonds is 6. The van der Waals surface area contributed by atoms with Gasteiger partial charge in [-0.2, -0.15) is 0 Å². The van der Waals surface area contributed by atoms with Crippen LogP contribution in [-0.4, -0.2) is 36.7 Å². The monoisotopic (exact) mass is 280 g/mol. The minimum Gasteiger partial charge on any atom is -0.465 e. The molecular formula is C16H28N2O2. The first-order valence-electron chi connectivity index (χ1n) is 7.75. The Bertz CT molecular complexity index is 407. The molecule has 4 nitrogen and oxygen atoms in total. The molecule has 1 aromatic rings. The van der Waals surface area contributed by atoms with Crippen LogP contribution >= 0.6 is 0 Å². The SMILES string of the molecule is CCCNCc1cc(CN2C[C@@H](C)O[C@@H](C)C2)oc1C. The smallest absolute Gasteiger partial charge is 0.118 e. The first-order chi connectivity index (χ1) is 9.58. The van der Waals surface area contributed by atoms with E-state index in [2.05, 4.69) is 44.0 Å². The van der Waals surface area contributed by atoms with Crippen molar-refractivity contribution in [3.8, 4) is 0 Å². The minimum atomic E-state index is 0.306. The number of hydrogen-bond donors (Lipinski definition) is 1. The Kier molecular flexibility index (Phi) is 5.64. The van der Waals surface area contributed by atoms with Gasteiger partial charge in [-0.3, -0.25) is 4.90 Å². The van der Waals surface area contributed by atoms with E-state index in [0.717, 1.165) is 50.7 Å². The number of furan rings is 1. The van der Waals surface area contributed by atoms with Gasteiger partial charge >= 0.3 is 0 Å². The summed E-state index contributed by atoms with van der Waals surface area (Å²) in [6.07, 6.45) is 1.77. The topological polar surface area (TPSA) is 37.6 Å². The molecule has 0 amide bonds. The number of hydrogen-bond acceptors (Lipinski definition) is 4. The van der Waals surface area contributed by atoms with Gasteiger partial charge in [-0.15, -0.1) is 0 Å². The van der Waals surface area contributed by atoms with Crippen LogP contribution in [0.15, 0.2) is 10.5 Å². The summed E-state index contributed by atoms with van der Waals surface area (Å²) in [4.78, 5) is 2.42. The van der Waals surface area contributed by atoms with E-state index in [1.807, 2.05) is 0 Å². The quantitative estimate of drug-likeness (QED) is 0.813. The Morgan fingerprint density at radius 3 is 2.65 bits per heavy atom. The Morgan fingerprint density at radius 1 is 1.30 bits per heavy atom. The van der Waals surface area contributed by atoms with Crippen molar-refractivity contribution in [1.82, 2.24) is 10.2 Å². The minimum absolute atomic E-state index is 0.306. The van der Waals surface area contributed by atoms with Crippen LogP contribution in [-0.2, 0) is 17.8 Å². The summed E-state index contributed by atoms with van der Waals surface area (Å²) in [5, 5.41) is 3.43. The van der Waals surface area contributed by atoms with E-state index < -0.39 is 0 Å². The fourth-order valence-corrected chi connectivity index (χ4v) is 2.87. The lowest BCUT2D eigenvalue weighted by Gasteiger charge is -2.34. The summed E-state index contributed by atoms with van der Waals surface area (Å²) in [5.41, 5.74) is 1.28. The molecule has 1 N–H and O–H groups in total. The number of ether oxygens (including phenoxy) is 1. The first-order valence-corrected chi connectivity index (χ1v) is 7.75. The lowest BCUT2D eigenvalue weighted by molar-refractivity contribution is -0.0718. The normalized spacial score (nSPS) is 24.2. The van der Waals surface area contributed by atoms with E-state index >= 15 is 0 Å². The van der Waals surface area contributed by atoms with E-state index in [9.17, 15) is 0 Å². The summed E-state index contributed by atoms with van der Waals surface area (Å²) in [5.74, 6) is 2.11. The highest BCUT2D eigenvalue weighted by molar-refractivity contribution is 5.20. The molecule has 0 unspecified atom stereocenters. The van der Waals surface area contributed by atoms with Gasteiger partial charge in [0.15, 0.2) is 0 Å². The van der Waals surface area contributed by atoms with Gasteiger partial charge < -0.3 is 14.5 Å². The third kappa shape index (κ3) is 4.33. The van der Waals surface area contributed by atoms with Crippen LogP contribution in [0.1, 0.15) is 44.3 Å². The van der Waals surface area contributed by atoms with Gasteiger partial charge in [0, 0.05) is 25.2 Å². The fraction of sp³-hybridized carbons (Fsp3) is 0.750. The van der Waals surface area contributed by atoms with Gasteiger partial charge in [-0.05, 0) is 39.8 Å². The predicted octanol–water partition coefficient (Wildman–Crippen LogP) is 2.70. The Balaban J connectivity index is 1.91. The van der Waals surface area contributed by atoms with Crippen LogP contribution in [0.2, 0.25) is 0 Å². The standard InChI is InChI=1S/C16H28N2O2/c1-5-6-17-8-15-7-16(20-14(15)4)11-18-9-12(2)19-13(3)10-18/h7,12-13,17H,5-6,8-11H2,1-4H3/t12-,13+. The van der Waals surface area contributed by atoms with Gasteiger partial charge in [0.1, 0.15) is 11.5 Å². The zero-order valence-electron chi connectivity index (χ0n) is 13.2. The van der Waals surface area contributed by atoms with Crippen LogP contribution in [0, 0.1) is 6.92 Å². The second kappa shape index (κ2) is 7.25. The highest BCUT2D eigenvalue weighted by atomic mass is 16.5. The van der Waals surface area contributed by atoms with Crippen LogP contribution in [0.3, 0.4) is 0 Å². The Hall–Kier alpha value is -0.840. The average Bonchev–Trinajstić information content (AvgIpc) is 2.68. The third-order valence-corrected chi connectivity index (χ3v) is 3.69. The number of nitrogens with one attached hydrogen (secondary N) is 1. The van der Waals surface area contributed by atoms with Crippen LogP contribution < -0.4 is 5.32 Å². The molecule has 0 saturated carbocycles. The van der Waals surface area contributed by atoms with E-state index in [4.69, 9.17) is 9.15 Å². The molecule has 0 aliphatic carbocycles. The first kappa shape index (κ1) is 15.5. The molecule has 1 saturated heterocycles. The number of morpholine rings is 1. The largest absolute Gasteiger partial charge is 0.465 e. The molecule has 4 heteroatoms. The molecule has 20 heavy (non-hydrogen) atoms. The molecule has 2 rings (SSSR count). The molecule has 1 aromatic heterocycles. The van der Waals surface area contributed by atoms with Crippen molar-refractivity contribution >= 4 is 0 Å². The maximum Gasteiger partial charge on any atom is 0.118 e. The van der Waals surface area contributed by atoms with Gasteiger partial charge in [0.05, 0.1) is 18.8 Å². The van der Waals surface area contributed by atoms with Crippen LogP contribution in [0.25, 0.3) is 0 Å². The zero-order valence-corrected chi connectivity index (χ0v) is 13.2. The second-order valence-corrected chi connectivity index (χ2v) is 5.92. The van der Waals surface area contributed by atoms with Gasteiger partial charge in [0.2, 0.25) is 0 Å². The Labute approximate surface area is 122 Å². The maximum absolute atomic E-state index is 5.90. The summed E-state index contributed by atoms with van der Waals surface area (Å²) in [6.45, 7) is 13.3. The molecule has 0 radical (unpaired) electrons. The van der Waals surface area contributed by atoms with Crippen LogP contribution in [0.4, 0.5) is 0 Å². The van der Waals surface area contributed by atoms with E-state index in [0.29, 0.717) is 12.2 Å². The summed E-state index contributed by atoms with van der Waals surface area (Å²) >= 11 is 0. The molecule has 2 atom stereocenters. The van der Waals surface area contributed by atoms with Crippen molar-refractivity contribution in [2.24, 2.45) is 0 Å². The highest BCUT2D eigenvalue weighted by Gasteiger charge is 2.23. The van der Waals surface area contributed by atoms with E-state index in [1.165, 1.54) is 5.56 Å².